The number of likely N-dealkylation sites (N-methyl/N-ethyl adjacent to an activating group) is 1. The van der Waals surface area contributed by atoms with Gasteiger partial charge in [0.1, 0.15) is 0 Å². The molecule has 0 saturated carbocycles. The first kappa shape index (κ1) is 16.1. The zero-order valence-electron chi connectivity index (χ0n) is 13.4. The lowest BCUT2D eigenvalue weighted by molar-refractivity contribution is -0.131. The summed E-state index contributed by atoms with van der Waals surface area (Å²) < 4.78 is 0. The third-order valence-electron chi connectivity index (χ3n) is 3.63. The average Bonchev–Trinajstić information content (AvgIpc) is 2.89. The number of aryl methyl sites for hydroxylation is 4. The summed E-state index contributed by atoms with van der Waals surface area (Å²) >= 11 is 3.32. The van der Waals surface area contributed by atoms with Crippen molar-refractivity contribution < 1.29 is 4.79 Å². The molecule has 0 radical (unpaired) electrons. The Balaban J connectivity index is 2.12. The summed E-state index contributed by atoms with van der Waals surface area (Å²) in [4.78, 5) is 25.6. The number of carbonyl (C=O) groups is 1. The van der Waals surface area contributed by atoms with E-state index in [0.717, 1.165) is 26.3 Å². The average molecular weight is 323 g/mol. The molecule has 0 aliphatic rings. The summed E-state index contributed by atoms with van der Waals surface area (Å²) in [6, 6.07) is -0.0116. The van der Waals surface area contributed by atoms with E-state index >= 15 is 0 Å². The third kappa shape index (κ3) is 3.49. The molecule has 4 nitrogen and oxygen atoms in total. The molecule has 6 heteroatoms. The highest BCUT2D eigenvalue weighted by Gasteiger charge is 2.22. The maximum atomic E-state index is 12.5. The minimum atomic E-state index is -0.0116. The van der Waals surface area contributed by atoms with Crippen LogP contribution < -0.4 is 0 Å². The van der Waals surface area contributed by atoms with Gasteiger partial charge < -0.3 is 4.90 Å². The van der Waals surface area contributed by atoms with E-state index < -0.39 is 0 Å². The predicted octanol–water partition coefficient (Wildman–Crippen LogP) is 3.60. The summed E-state index contributed by atoms with van der Waals surface area (Å²) in [6.07, 6.45) is 0.360. The number of rotatable bonds is 4. The van der Waals surface area contributed by atoms with Crippen molar-refractivity contribution in [3.63, 3.8) is 0 Å². The molecule has 0 N–H and O–H groups in total. The highest BCUT2D eigenvalue weighted by Crippen LogP contribution is 2.26. The molecule has 0 bridgehead atoms. The molecule has 0 aliphatic heterocycles. The Labute approximate surface area is 133 Å². The molecule has 2 aromatic rings. The molecule has 0 spiro atoms. The lowest BCUT2D eigenvalue weighted by Crippen LogP contribution is -2.31. The van der Waals surface area contributed by atoms with Crippen molar-refractivity contribution in [3.8, 4) is 0 Å². The number of hydrogen-bond acceptors (Lipinski definition) is 5. The second-order valence-electron chi connectivity index (χ2n) is 5.27. The van der Waals surface area contributed by atoms with Crippen LogP contribution in [0.2, 0.25) is 0 Å². The Kier molecular flexibility index (Phi) is 4.78. The van der Waals surface area contributed by atoms with Gasteiger partial charge in [-0.25, -0.2) is 9.97 Å². The SMILES string of the molecule is Cc1nc(CC(=O)N(C)[C@@H](C)c2nc(C)sc2C)c(C)s1. The summed E-state index contributed by atoms with van der Waals surface area (Å²) in [7, 11) is 1.84. The van der Waals surface area contributed by atoms with Crippen molar-refractivity contribution in [2.45, 2.75) is 47.1 Å². The van der Waals surface area contributed by atoms with E-state index in [1.54, 1.807) is 27.6 Å². The van der Waals surface area contributed by atoms with Crippen molar-refractivity contribution in [2.24, 2.45) is 0 Å². The Morgan fingerprint density at radius 2 is 1.67 bits per heavy atom. The third-order valence-corrected chi connectivity index (χ3v) is 5.46. The summed E-state index contributed by atoms with van der Waals surface area (Å²) in [5, 5.41) is 2.05. The maximum Gasteiger partial charge on any atom is 0.228 e. The van der Waals surface area contributed by atoms with Crippen molar-refractivity contribution >= 4 is 28.6 Å². The van der Waals surface area contributed by atoms with E-state index in [2.05, 4.69) is 16.9 Å². The van der Waals surface area contributed by atoms with E-state index in [0.29, 0.717) is 6.42 Å². The monoisotopic (exact) mass is 323 g/mol. The number of aromatic nitrogens is 2. The second-order valence-corrected chi connectivity index (χ2v) is 8.08. The van der Waals surface area contributed by atoms with Crippen molar-refractivity contribution in [2.75, 3.05) is 7.05 Å². The van der Waals surface area contributed by atoms with Crippen LogP contribution in [-0.2, 0) is 11.2 Å². The summed E-state index contributed by atoms with van der Waals surface area (Å²) in [5.41, 5.74) is 1.90. The smallest absolute Gasteiger partial charge is 0.228 e. The minimum absolute atomic E-state index is 0.0116. The Morgan fingerprint density at radius 3 is 2.14 bits per heavy atom. The van der Waals surface area contributed by atoms with Gasteiger partial charge in [0.25, 0.3) is 0 Å². The van der Waals surface area contributed by atoms with Crippen LogP contribution in [0.4, 0.5) is 0 Å². The molecule has 2 rings (SSSR count). The van der Waals surface area contributed by atoms with Crippen LogP contribution in [-0.4, -0.2) is 27.8 Å². The molecular formula is C15H21N3OS2. The van der Waals surface area contributed by atoms with Crippen LogP contribution in [0.1, 0.15) is 44.1 Å². The van der Waals surface area contributed by atoms with Gasteiger partial charge in [0.2, 0.25) is 5.91 Å². The van der Waals surface area contributed by atoms with Crippen molar-refractivity contribution in [1.82, 2.24) is 14.9 Å². The first-order valence-electron chi connectivity index (χ1n) is 6.92. The van der Waals surface area contributed by atoms with E-state index in [1.165, 1.54) is 4.88 Å². The highest BCUT2D eigenvalue weighted by atomic mass is 32.1. The van der Waals surface area contributed by atoms with Gasteiger partial charge in [-0.3, -0.25) is 4.79 Å². The van der Waals surface area contributed by atoms with Crippen LogP contribution in [0.15, 0.2) is 0 Å². The number of amides is 1. The van der Waals surface area contributed by atoms with Gasteiger partial charge in [0.15, 0.2) is 0 Å². The number of hydrogen-bond donors (Lipinski definition) is 0. The van der Waals surface area contributed by atoms with Crippen LogP contribution in [0, 0.1) is 27.7 Å². The fourth-order valence-electron chi connectivity index (χ4n) is 2.34. The zero-order valence-corrected chi connectivity index (χ0v) is 15.0. The normalized spacial score (nSPS) is 12.5. The fraction of sp³-hybridized carbons (Fsp3) is 0.533. The highest BCUT2D eigenvalue weighted by molar-refractivity contribution is 7.11. The molecular weight excluding hydrogens is 302 g/mol. The van der Waals surface area contributed by atoms with Gasteiger partial charge in [-0.2, -0.15) is 0 Å². The van der Waals surface area contributed by atoms with Gasteiger partial charge in [0.05, 0.1) is 33.9 Å². The van der Waals surface area contributed by atoms with Gasteiger partial charge >= 0.3 is 0 Å². The minimum Gasteiger partial charge on any atom is -0.337 e. The van der Waals surface area contributed by atoms with Gasteiger partial charge in [-0.15, -0.1) is 22.7 Å². The lowest BCUT2D eigenvalue weighted by atomic mass is 10.1. The van der Waals surface area contributed by atoms with E-state index in [9.17, 15) is 4.79 Å². The largest absolute Gasteiger partial charge is 0.337 e. The van der Waals surface area contributed by atoms with Crippen LogP contribution in [0.3, 0.4) is 0 Å². The summed E-state index contributed by atoms with van der Waals surface area (Å²) in [6.45, 7) is 10.1. The van der Waals surface area contributed by atoms with E-state index in [4.69, 9.17) is 0 Å². The topological polar surface area (TPSA) is 46.1 Å². The molecule has 1 atom stereocenters. The number of thiazole rings is 2. The zero-order chi connectivity index (χ0) is 15.7. The number of carbonyl (C=O) groups excluding carboxylic acids is 1. The molecule has 0 unspecified atom stereocenters. The van der Waals surface area contributed by atoms with Gasteiger partial charge in [0, 0.05) is 16.8 Å². The van der Waals surface area contributed by atoms with Gasteiger partial charge in [-0.05, 0) is 34.6 Å². The lowest BCUT2D eigenvalue weighted by Gasteiger charge is -2.24. The second kappa shape index (κ2) is 6.23. The standard InChI is InChI=1S/C15H21N3OS2/c1-8(15-10(3)21-12(5)17-15)18(6)14(19)7-13-9(2)20-11(4)16-13/h8H,7H2,1-6H3/t8-/m0/s1. The molecule has 2 heterocycles. The molecule has 114 valence electrons. The predicted molar refractivity (Wildman–Crippen MR) is 88.1 cm³/mol. The van der Waals surface area contributed by atoms with Crippen LogP contribution in [0.25, 0.3) is 0 Å². The molecule has 21 heavy (non-hydrogen) atoms. The molecule has 0 aliphatic carbocycles. The Bertz CT molecular complexity index is 660. The maximum absolute atomic E-state index is 12.5. The molecule has 2 aromatic heterocycles. The molecule has 1 amide bonds. The van der Waals surface area contributed by atoms with Gasteiger partial charge in [-0.1, -0.05) is 0 Å². The van der Waals surface area contributed by atoms with Crippen LogP contribution >= 0.6 is 22.7 Å². The quantitative estimate of drug-likeness (QED) is 0.863. The van der Waals surface area contributed by atoms with E-state index in [1.807, 2.05) is 34.7 Å². The number of nitrogens with zero attached hydrogens (tertiary/aromatic N) is 3. The van der Waals surface area contributed by atoms with E-state index in [-0.39, 0.29) is 11.9 Å². The van der Waals surface area contributed by atoms with Crippen molar-refractivity contribution in [3.05, 3.63) is 31.2 Å². The molecule has 0 fully saturated rings. The first-order valence-corrected chi connectivity index (χ1v) is 8.55. The van der Waals surface area contributed by atoms with Crippen molar-refractivity contribution in [1.29, 1.82) is 0 Å². The Hall–Kier alpha value is -1.27. The molecule has 0 saturated heterocycles. The van der Waals surface area contributed by atoms with Crippen LogP contribution in [0.5, 0.6) is 0 Å². The Morgan fingerprint density at radius 1 is 1.10 bits per heavy atom. The summed E-state index contributed by atoms with van der Waals surface area (Å²) in [5.74, 6) is 0.0842. The first-order chi connectivity index (χ1) is 9.79. The molecule has 0 aromatic carbocycles. The fourth-order valence-corrected chi connectivity index (χ4v) is 4.08.